The van der Waals surface area contributed by atoms with Crippen molar-refractivity contribution in [1.82, 2.24) is 5.32 Å². The third-order valence-electron chi connectivity index (χ3n) is 3.03. The van der Waals surface area contributed by atoms with Crippen molar-refractivity contribution in [3.63, 3.8) is 0 Å². The van der Waals surface area contributed by atoms with E-state index in [1.807, 2.05) is 6.07 Å². The van der Waals surface area contributed by atoms with Crippen LogP contribution in [-0.2, 0) is 13.0 Å². The van der Waals surface area contributed by atoms with Gasteiger partial charge in [0.2, 0.25) is 0 Å². The van der Waals surface area contributed by atoms with Crippen molar-refractivity contribution >= 4 is 12.4 Å². The second kappa shape index (κ2) is 5.47. The Kier molecular flexibility index (Phi) is 4.55. The van der Waals surface area contributed by atoms with E-state index in [9.17, 15) is 4.39 Å². The van der Waals surface area contributed by atoms with Gasteiger partial charge in [-0.2, -0.15) is 0 Å². The first kappa shape index (κ1) is 12.5. The number of benzene rings is 1. The highest BCUT2D eigenvalue weighted by Crippen LogP contribution is 2.21. The van der Waals surface area contributed by atoms with Gasteiger partial charge in [-0.1, -0.05) is 25.5 Å². The minimum Gasteiger partial charge on any atom is -0.312 e. The molecule has 1 heterocycles. The third-order valence-corrected chi connectivity index (χ3v) is 3.03. The van der Waals surface area contributed by atoms with E-state index in [4.69, 9.17) is 0 Å². The Labute approximate surface area is 96.5 Å². The fraction of sp³-hybridized carbons (Fsp3) is 0.500. The molecular formula is C12H17ClFN. The Balaban J connectivity index is 0.00000112. The normalized spacial score (nSPS) is 20.0. The van der Waals surface area contributed by atoms with E-state index >= 15 is 0 Å². The summed E-state index contributed by atoms with van der Waals surface area (Å²) in [4.78, 5) is 0. The maximum atomic E-state index is 13.5. The van der Waals surface area contributed by atoms with Crippen LogP contribution in [0.1, 0.15) is 24.5 Å². The summed E-state index contributed by atoms with van der Waals surface area (Å²) in [5.74, 6) is 0.540. The summed E-state index contributed by atoms with van der Waals surface area (Å²) < 4.78 is 13.5. The Hall–Kier alpha value is -0.600. The van der Waals surface area contributed by atoms with Crippen LogP contribution in [0.3, 0.4) is 0 Å². The molecule has 0 aromatic heterocycles. The summed E-state index contributed by atoms with van der Waals surface area (Å²) in [5.41, 5.74) is 2.05. The average molecular weight is 230 g/mol. The van der Waals surface area contributed by atoms with E-state index < -0.39 is 0 Å². The van der Waals surface area contributed by atoms with Gasteiger partial charge in [0.15, 0.2) is 0 Å². The zero-order valence-corrected chi connectivity index (χ0v) is 9.74. The molecule has 1 aliphatic heterocycles. The van der Waals surface area contributed by atoms with Crippen molar-refractivity contribution < 1.29 is 4.39 Å². The van der Waals surface area contributed by atoms with Crippen LogP contribution < -0.4 is 5.32 Å². The highest BCUT2D eigenvalue weighted by atomic mass is 35.5. The Bertz CT molecular complexity index is 327. The maximum Gasteiger partial charge on any atom is 0.126 e. The molecule has 15 heavy (non-hydrogen) atoms. The van der Waals surface area contributed by atoms with Gasteiger partial charge in [0.05, 0.1) is 0 Å². The summed E-state index contributed by atoms with van der Waals surface area (Å²) >= 11 is 0. The van der Waals surface area contributed by atoms with Crippen molar-refractivity contribution in [1.29, 1.82) is 0 Å². The molecule has 1 N–H and O–H groups in total. The van der Waals surface area contributed by atoms with E-state index in [1.54, 1.807) is 12.1 Å². The highest BCUT2D eigenvalue weighted by Gasteiger charge is 2.17. The first-order chi connectivity index (χ1) is 6.81. The van der Waals surface area contributed by atoms with Crippen molar-refractivity contribution in [2.24, 2.45) is 5.92 Å². The van der Waals surface area contributed by atoms with Gasteiger partial charge in [0.25, 0.3) is 0 Å². The molecule has 0 saturated heterocycles. The second-order valence-corrected chi connectivity index (χ2v) is 3.99. The van der Waals surface area contributed by atoms with Crippen molar-refractivity contribution in [3.05, 3.63) is 35.1 Å². The van der Waals surface area contributed by atoms with Crippen molar-refractivity contribution in [2.75, 3.05) is 6.54 Å². The van der Waals surface area contributed by atoms with E-state index in [0.29, 0.717) is 5.92 Å². The minimum absolute atomic E-state index is 0. The summed E-state index contributed by atoms with van der Waals surface area (Å²) in [5, 5.41) is 3.36. The quantitative estimate of drug-likeness (QED) is 0.781. The van der Waals surface area contributed by atoms with Crippen LogP contribution in [0.4, 0.5) is 4.39 Å². The summed E-state index contributed by atoms with van der Waals surface area (Å²) in [7, 11) is 0. The topological polar surface area (TPSA) is 12.0 Å². The van der Waals surface area contributed by atoms with Crippen LogP contribution in [0.5, 0.6) is 0 Å². The van der Waals surface area contributed by atoms with Gasteiger partial charge >= 0.3 is 0 Å². The van der Waals surface area contributed by atoms with E-state index in [2.05, 4.69) is 12.2 Å². The number of hydrogen-bond donors (Lipinski definition) is 1. The number of fused-ring (bicyclic) bond motifs is 1. The predicted molar refractivity (Wildman–Crippen MR) is 62.8 cm³/mol. The lowest BCUT2D eigenvalue weighted by atomic mass is 9.95. The van der Waals surface area contributed by atoms with E-state index in [-0.39, 0.29) is 18.2 Å². The fourth-order valence-corrected chi connectivity index (χ4v) is 2.06. The van der Waals surface area contributed by atoms with Crippen LogP contribution in [-0.4, -0.2) is 6.54 Å². The Morgan fingerprint density at radius 3 is 3.00 bits per heavy atom. The highest BCUT2D eigenvalue weighted by molar-refractivity contribution is 5.85. The molecule has 3 heteroatoms. The smallest absolute Gasteiger partial charge is 0.126 e. The van der Waals surface area contributed by atoms with Gasteiger partial charge in [0, 0.05) is 6.54 Å². The van der Waals surface area contributed by atoms with Crippen molar-refractivity contribution in [2.45, 2.75) is 26.3 Å². The van der Waals surface area contributed by atoms with Crippen LogP contribution in [0, 0.1) is 11.7 Å². The van der Waals surface area contributed by atoms with Gasteiger partial charge < -0.3 is 5.32 Å². The summed E-state index contributed by atoms with van der Waals surface area (Å²) in [6.45, 7) is 3.98. The molecule has 2 rings (SSSR count). The number of halogens is 2. The molecule has 1 nitrogen and oxygen atoms in total. The molecule has 0 spiro atoms. The molecule has 0 saturated carbocycles. The molecule has 84 valence electrons. The van der Waals surface area contributed by atoms with Crippen molar-refractivity contribution in [3.8, 4) is 0 Å². The molecule has 0 fully saturated rings. The van der Waals surface area contributed by atoms with Gasteiger partial charge in [-0.3, -0.25) is 0 Å². The Morgan fingerprint density at radius 1 is 1.47 bits per heavy atom. The summed E-state index contributed by atoms with van der Waals surface area (Å²) in [6.07, 6.45) is 1.99. The fourth-order valence-electron chi connectivity index (χ4n) is 2.06. The number of nitrogens with one attached hydrogen (secondary N) is 1. The molecule has 1 aromatic carbocycles. The van der Waals surface area contributed by atoms with Gasteiger partial charge in [0.1, 0.15) is 5.82 Å². The summed E-state index contributed by atoms with van der Waals surface area (Å²) in [6, 6.07) is 5.38. The zero-order chi connectivity index (χ0) is 9.97. The minimum atomic E-state index is -0.0374. The molecule has 0 bridgehead atoms. The monoisotopic (exact) mass is 229 g/mol. The SMILES string of the molecule is CCC1CNCc2cccc(F)c2C1.Cl. The molecule has 0 radical (unpaired) electrons. The zero-order valence-electron chi connectivity index (χ0n) is 8.92. The van der Waals surface area contributed by atoms with Crippen LogP contribution in [0.25, 0.3) is 0 Å². The van der Waals surface area contributed by atoms with Crippen LogP contribution in [0.15, 0.2) is 18.2 Å². The van der Waals surface area contributed by atoms with Gasteiger partial charge in [-0.05, 0) is 36.1 Å². The molecule has 0 amide bonds. The predicted octanol–water partition coefficient (Wildman–Crippen LogP) is 2.92. The molecular weight excluding hydrogens is 213 g/mol. The first-order valence-corrected chi connectivity index (χ1v) is 5.28. The Morgan fingerprint density at radius 2 is 2.27 bits per heavy atom. The maximum absolute atomic E-state index is 13.5. The third kappa shape index (κ3) is 2.70. The van der Waals surface area contributed by atoms with Gasteiger partial charge in [-0.25, -0.2) is 4.39 Å². The largest absolute Gasteiger partial charge is 0.312 e. The molecule has 1 aliphatic rings. The lowest BCUT2D eigenvalue weighted by Gasteiger charge is -2.11. The number of hydrogen-bond acceptors (Lipinski definition) is 1. The van der Waals surface area contributed by atoms with Gasteiger partial charge in [-0.15, -0.1) is 12.4 Å². The average Bonchev–Trinajstić information content (AvgIpc) is 2.40. The van der Waals surface area contributed by atoms with E-state index in [1.165, 1.54) is 0 Å². The lowest BCUT2D eigenvalue weighted by Crippen LogP contribution is -2.19. The van der Waals surface area contributed by atoms with Crippen LogP contribution in [0.2, 0.25) is 0 Å². The number of rotatable bonds is 1. The standard InChI is InChI=1S/C12H16FN.ClH/c1-2-9-6-11-10(8-14-7-9)4-3-5-12(11)13;/h3-5,9,14H,2,6-8H2,1H3;1H. The molecule has 1 atom stereocenters. The lowest BCUT2D eigenvalue weighted by molar-refractivity contribution is 0.470. The molecule has 1 aromatic rings. The first-order valence-electron chi connectivity index (χ1n) is 5.28. The van der Waals surface area contributed by atoms with E-state index in [0.717, 1.165) is 37.1 Å². The molecule has 1 unspecified atom stereocenters. The second-order valence-electron chi connectivity index (χ2n) is 3.99. The van der Waals surface area contributed by atoms with Crippen LogP contribution >= 0.6 is 12.4 Å². The molecule has 0 aliphatic carbocycles.